The van der Waals surface area contributed by atoms with Gasteiger partial charge in [-0.05, 0) is 30.5 Å². The van der Waals surface area contributed by atoms with Crippen molar-refractivity contribution < 1.29 is 47.4 Å². The molecule has 14 heteroatoms. The van der Waals surface area contributed by atoms with E-state index in [-0.39, 0.29) is 32.7 Å². The molecule has 0 aliphatic rings. The summed E-state index contributed by atoms with van der Waals surface area (Å²) in [5.74, 6) is 0.904. The molecule has 0 aliphatic heterocycles. The van der Waals surface area contributed by atoms with Crippen LogP contribution in [0.4, 0.5) is 38.0 Å². The van der Waals surface area contributed by atoms with E-state index in [1.165, 1.54) is 12.1 Å². The van der Waals surface area contributed by atoms with Gasteiger partial charge < -0.3 is 14.3 Å². The molecule has 250 valence electrons. The predicted molar refractivity (Wildman–Crippen MR) is 160 cm³/mol. The first kappa shape index (κ1) is 35.9. The molecule has 0 unspecified atom stereocenters. The van der Waals surface area contributed by atoms with Crippen LogP contribution in [0.5, 0.6) is 0 Å². The van der Waals surface area contributed by atoms with Gasteiger partial charge in [-0.25, -0.2) is 0 Å². The van der Waals surface area contributed by atoms with Crippen LogP contribution >= 0.6 is 0 Å². The Balaban J connectivity index is 0.00000500. The standard InChI is InChI=1S/C33H31F6N7.Pt/c1-3-5-20-31(21-6-4-2,24-12-8-7-9-13-24)46(29-16-10-14-27(40-29)44-22-18-25(42-44)32(34,35)36)30-17-11-15-28(41-30)45-23-19-26(43-45)33(37,38)39;/h7-19H,3-6,20-21H2,1-2H3;/q-2;+2. The zero-order chi connectivity index (χ0) is 33.0. The van der Waals surface area contributed by atoms with E-state index in [1.807, 2.05) is 35.2 Å². The minimum atomic E-state index is -4.66. The van der Waals surface area contributed by atoms with Crippen LogP contribution in [0.25, 0.3) is 11.6 Å². The largest absolute Gasteiger partial charge is 2.00 e. The molecule has 7 nitrogen and oxygen atoms in total. The maximum Gasteiger partial charge on any atom is 2.00 e. The molecule has 0 radical (unpaired) electrons. The van der Waals surface area contributed by atoms with Crippen molar-refractivity contribution in [1.29, 1.82) is 0 Å². The molecule has 0 fully saturated rings. The molecule has 0 amide bonds. The minimum absolute atomic E-state index is 0. The summed E-state index contributed by atoms with van der Waals surface area (Å²) in [6, 6.07) is 21.1. The van der Waals surface area contributed by atoms with Gasteiger partial charge in [0, 0.05) is 0 Å². The van der Waals surface area contributed by atoms with Gasteiger partial charge in [0.05, 0.1) is 28.6 Å². The topological polar surface area (TPSA) is 64.7 Å². The Morgan fingerprint density at radius 2 is 1.09 bits per heavy atom. The van der Waals surface area contributed by atoms with E-state index in [9.17, 15) is 26.3 Å². The summed E-state index contributed by atoms with van der Waals surface area (Å²) < 4.78 is 82.1. The van der Waals surface area contributed by atoms with Gasteiger partial charge in [0.1, 0.15) is 11.6 Å². The molecule has 0 spiro atoms. The second-order valence-corrected chi connectivity index (χ2v) is 10.8. The number of hydrogen-bond donors (Lipinski definition) is 0. The van der Waals surface area contributed by atoms with E-state index in [0.717, 1.165) is 52.7 Å². The number of alkyl halides is 6. The zero-order valence-electron chi connectivity index (χ0n) is 25.5. The van der Waals surface area contributed by atoms with E-state index in [1.54, 1.807) is 24.3 Å². The van der Waals surface area contributed by atoms with Crippen LogP contribution in [0.15, 0.2) is 78.9 Å². The SMILES string of the molecule is CCCCC(CCCC)(c1ccccc1)N(c1cccc(-n2[c-]cc(C(F)(F)F)n2)n1)c1cccc(-n2[c-]cc(C(F)(F)F)n2)n1.[Pt+2]. The summed E-state index contributed by atoms with van der Waals surface area (Å²) in [5.41, 5.74) is -2.00. The molecule has 0 saturated heterocycles. The van der Waals surface area contributed by atoms with Gasteiger partial charge in [-0.3, -0.25) is 20.2 Å². The number of hydrogen-bond acceptors (Lipinski definition) is 5. The molecule has 0 N–H and O–H groups in total. The van der Waals surface area contributed by atoms with Crippen molar-refractivity contribution in [2.75, 3.05) is 4.90 Å². The van der Waals surface area contributed by atoms with E-state index in [0.29, 0.717) is 24.5 Å². The van der Waals surface area contributed by atoms with Crippen LogP contribution in [-0.4, -0.2) is 29.5 Å². The predicted octanol–water partition coefficient (Wildman–Crippen LogP) is 8.90. The fourth-order valence-electron chi connectivity index (χ4n) is 5.41. The maximum atomic E-state index is 13.4. The van der Waals surface area contributed by atoms with Crippen LogP contribution in [-0.2, 0) is 39.0 Å². The first-order chi connectivity index (χ1) is 22.0. The Morgan fingerprint density at radius 3 is 1.47 bits per heavy atom. The minimum Gasteiger partial charge on any atom is -0.343 e. The molecule has 0 atom stereocenters. The van der Waals surface area contributed by atoms with Crippen LogP contribution in [0, 0.1) is 12.4 Å². The molecule has 0 aliphatic carbocycles. The van der Waals surface area contributed by atoms with E-state index < -0.39 is 29.3 Å². The molecular formula is C33H31F6N7Pt. The van der Waals surface area contributed by atoms with Gasteiger partial charge in [0.15, 0.2) is 0 Å². The molecule has 5 aromatic rings. The summed E-state index contributed by atoms with van der Waals surface area (Å²) in [4.78, 5) is 11.5. The quantitative estimate of drug-likeness (QED) is 0.0929. The molecule has 1 aromatic carbocycles. The van der Waals surface area contributed by atoms with Gasteiger partial charge in [-0.1, -0.05) is 107 Å². The van der Waals surface area contributed by atoms with Crippen LogP contribution in [0.1, 0.15) is 69.3 Å². The third-order valence-corrected chi connectivity index (χ3v) is 7.60. The number of unbranched alkanes of at least 4 members (excludes halogenated alkanes) is 2. The Morgan fingerprint density at radius 1 is 0.638 bits per heavy atom. The molecule has 0 saturated carbocycles. The molecule has 4 aromatic heterocycles. The Kier molecular flexibility index (Phi) is 11.3. The van der Waals surface area contributed by atoms with Crippen molar-refractivity contribution in [3.05, 3.63) is 108 Å². The van der Waals surface area contributed by atoms with Gasteiger partial charge in [0.25, 0.3) is 0 Å². The number of halogens is 6. The Hall–Kier alpha value is -3.99. The van der Waals surface area contributed by atoms with E-state index in [2.05, 4.69) is 36.4 Å². The van der Waals surface area contributed by atoms with Crippen molar-refractivity contribution >= 4 is 11.6 Å². The number of nitrogens with zero attached hydrogens (tertiary/aromatic N) is 7. The Bertz CT molecular complexity index is 1630. The summed E-state index contributed by atoms with van der Waals surface area (Å²) >= 11 is 0. The van der Waals surface area contributed by atoms with Crippen molar-refractivity contribution in [1.82, 2.24) is 29.5 Å². The summed E-state index contributed by atoms with van der Waals surface area (Å²) in [6.07, 6.45) is 0.381. The summed E-state index contributed by atoms with van der Waals surface area (Å²) in [6.45, 7) is 4.16. The van der Waals surface area contributed by atoms with Gasteiger partial charge >= 0.3 is 33.4 Å². The third-order valence-electron chi connectivity index (χ3n) is 7.60. The average molecular weight is 835 g/mol. The number of rotatable bonds is 12. The Labute approximate surface area is 282 Å². The maximum absolute atomic E-state index is 13.4. The van der Waals surface area contributed by atoms with E-state index >= 15 is 0 Å². The van der Waals surface area contributed by atoms with Gasteiger partial charge in [0.2, 0.25) is 0 Å². The number of benzene rings is 1. The van der Waals surface area contributed by atoms with Crippen molar-refractivity contribution in [3.8, 4) is 11.6 Å². The molecular weight excluding hydrogens is 803 g/mol. The molecule has 47 heavy (non-hydrogen) atoms. The smallest absolute Gasteiger partial charge is 0.343 e. The molecule has 4 heterocycles. The third kappa shape index (κ3) is 7.94. The number of aromatic nitrogens is 6. The summed E-state index contributed by atoms with van der Waals surface area (Å²) in [5, 5.41) is 7.30. The van der Waals surface area contributed by atoms with Crippen LogP contribution in [0.2, 0.25) is 0 Å². The fraction of sp³-hybridized carbons (Fsp3) is 0.333. The number of anilines is 2. The molecule has 5 rings (SSSR count). The van der Waals surface area contributed by atoms with Crippen molar-refractivity contribution in [2.24, 2.45) is 0 Å². The second-order valence-electron chi connectivity index (χ2n) is 10.8. The normalized spacial score (nSPS) is 12.2. The summed E-state index contributed by atoms with van der Waals surface area (Å²) in [7, 11) is 0. The fourth-order valence-corrected chi connectivity index (χ4v) is 5.41. The molecule has 0 bridgehead atoms. The zero-order valence-corrected chi connectivity index (χ0v) is 27.7. The van der Waals surface area contributed by atoms with Crippen molar-refractivity contribution in [3.63, 3.8) is 0 Å². The first-order valence-corrected chi connectivity index (χ1v) is 14.9. The van der Waals surface area contributed by atoms with Crippen LogP contribution < -0.4 is 4.90 Å². The van der Waals surface area contributed by atoms with Gasteiger partial charge in [-0.15, -0.1) is 12.1 Å². The van der Waals surface area contributed by atoms with E-state index in [4.69, 9.17) is 9.97 Å². The number of pyridine rings is 2. The van der Waals surface area contributed by atoms with Crippen molar-refractivity contribution in [2.45, 2.75) is 70.3 Å². The second kappa shape index (κ2) is 14.8. The van der Waals surface area contributed by atoms with Gasteiger partial charge in [-0.2, -0.15) is 26.3 Å². The first-order valence-electron chi connectivity index (χ1n) is 14.9. The average Bonchev–Trinajstić information content (AvgIpc) is 3.75. The monoisotopic (exact) mass is 834 g/mol. The van der Waals surface area contributed by atoms with Crippen LogP contribution in [0.3, 0.4) is 0 Å².